The third-order valence-electron chi connectivity index (χ3n) is 3.32. The van der Waals surface area contributed by atoms with Gasteiger partial charge in [-0.05, 0) is 44.0 Å². The summed E-state index contributed by atoms with van der Waals surface area (Å²) in [5.41, 5.74) is 2.71. The second kappa shape index (κ2) is 4.30. The summed E-state index contributed by atoms with van der Waals surface area (Å²) in [6.45, 7) is 2.21. The molecule has 0 aliphatic carbocycles. The van der Waals surface area contributed by atoms with Crippen LogP contribution >= 0.6 is 0 Å². The summed E-state index contributed by atoms with van der Waals surface area (Å²) in [4.78, 5) is 15.3. The van der Waals surface area contributed by atoms with Gasteiger partial charge in [0, 0.05) is 18.0 Å². The van der Waals surface area contributed by atoms with E-state index in [4.69, 9.17) is 0 Å². The first-order chi connectivity index (χ1) is 8.35. The topological polar surface area (TPSA) is 46.4 Å². The molecule has 3 rings (SSSR count). The van der Waals surface area contributed by atoms with Crippen molar-refractivity contribution in [2.45, 2.75) is 12.8 Å². The standard InChI is InChI=1S/C13H15N3O/c17-9-11-1-2-13-15-12(8-16(13)7-11)5-10-3-4-14-6-10/h1-2,7-10,14H,3-6H2. The molecule has 1 atom stereocenters. The SMILES string of the molecule is O=Cc1ccc2nc(CC3CCNC3)cn2c1. The first-order valence-corrected chi connectivity index (χ1v) is 5.99. The van der Waals surface area contributed by atoms with E-state index in [9.17, 15) is 4.79 Å². The van der Waals surface area contributed by atoms with Crippen molar-refractivity contribution in [2.24, 2.45) is 5.92 Å². The number of carbonyl (C=O) groups excluding carboxylic acids is 1. The molecule has 2 aromatic heterocycles. The Balaban J connectivity index is 1.87. The van der Waals surface area contributed by atoms with Crippen LogP contribution in [-0.4, -0.2) is 28.8 Å². The lowest BCUT2D eigenvalue weighted by Crippen LogP contribution is -2.10. The van der Waals surface area contributed by atoms with Crippen molar-refractivity contribution in [3.63, 3.8) is 0 Å². The summed E-state index contributed by atoms with van der Waals surface area (Å²) in [5.74, 6) is 0.699. The molecule has 4 heteroatoms. The van der Waals surface area contributed by atoms with Crippen molar-refractivity contribution in [1.82, 2.24) is 14.7 Å². The average Bonchev–Trinajstić information content (AvgIpc) is 2.96. The van der Waals surface area contributed by atoms with Crippen LogP contribution in [0, 0.1) is 5.92 Å². The van der Waals surface area contributed by atoms with Gasteiger partial charge in [0.2, 0.25) is 0 Å². The number of rotatable bonds is 3. The Hall–Kier alpha value is -1.68. The molecule has 1 unspecified atom stereocenters. The maximum atomic E-state index is 10.7. The number of aldehydes is 1. The monoisotopic (exact) mass is 229 g/mol. The smallest absolute Gasteiger partial charge is 0.151 e. The zero-order valence-electron chi connectivity index (χ0n) is 9.60. The van der Waals surface area contributed by atoms with Crippen molar-refractivity contribution in [1.29, 1.82) is 0 Å². The van der Waals surface area contributed by atoms with Crippen molar-refractivity contribution < 1.29 is 4.79 Å². The number of aromatic nitrogens is 2. The molecule has 1 N–H and O–H groups in total. The molecule has 4 nitrogen and oxygen atoms in total. The molecule has 17 heavy (non-hydrogen) atoms. The van der Waals surface area contributed by atoms with Crippen LogP contribution in [0.2, 0.25) is 0 Å². The van der Waals surface area contributed by atoms with E-state index in [1.807, 2.05) is 22.9 Å². The number of hydrogen-bond donors (Lipinski definition) is 1. The van der Waals surface area contributed by atoms with Crippen molar-refractivity contribution in [3.8, 4) is 0 Å². The van der Waals surface area contributed by atoms with E-state index in [-0.39, 0.29) is 0 Å². The average molecular weight is 229 g/mol. The van der Waals surface area contributed by atoms with Crippen LogP contribution in [0.5, 0.6) is 0 Å². The van der Waals surface area contributed by atoms with Crippen molar-refractivity contribution >= 4 is 11.9 Å². The number of pyridine rings is 1. The fourth-order valence-corrected chi connectivity index (χ4v) is 2.41. The summed E-state index contributed by atoms with van der Waals surface area (Å²) < 4.78 is 1.93. The van der Waals surface area contributed by atoms with Crippen LogP contribution in [0.1, 0.15) is 22.5 Å². The quantitative estimate of drug-likeness (QED) is 0.807. The molecule has 0 radical (unpaired) electrons. The normalized spacial score (nSPS) is 19.9. The van der Waals surface area contributed by atoms with E-state index in [0.29, 0.717) is 11.5 Å². The van der Waals surface area contributed by atoms with Gasteiger partial charge in [0.05, 0.1) is 5.69 Å². The molecule has 0 bridgehead atoms. The molecule has 1 fully saturated rings. The summed E-state index contributed by atoms with van der Waals surface area (Å²) in [6, 6.07) is 3.69. The van der Waals surface area contributed by atoms with Crippen LogP contribution in [-0.2, 0) is 6.42 Å². The molecular formula is C13H15N3O. The van der Waals surface area contributed by atoms with Gasteiger partial charge in [-0.25, -0.2) is 4.98 Å². The minimum Gasteiger partial charge on any atom is -0.316 e. The van der Waals surface area contributed by atoms with Gasteiger partial charge in [-0.15, -0.1) is 0 Å². The Kier molecular flexibility index (Phi) is 2.65. The molecule has 2 aromatic rings. The molecule has 3 heterocycles. The van der Waals surface area contributed by atoms with Gasteiger partial charge in [-0.2, -0.15) is 0 Å². The van der Waals surface area contributed by atoms with E-state index in [2.05, 4.69) is 10.3 Å². The molecule has 1 saturated heterocycles. The second-order valence-electron chi connectivity index (χ2n) is 4.64. The minimum absolute atomic E-state index is 0.684. The highest BCUT2D eigenvalue weighted by Crippen LogP contribution is 2.15. The number of nitrogens with zero attached hydrogens (tertiary/aromatic N) is 2. The zero-order valence-corrected chi connectivity index (χ0v) is 9.60. The van der Waals surface area contributed by atoms with Crippen LogP contribution in [0.25, 0.3) is 5.65 Å². The van der Waals surface area contributed by atoms with Gasteiger partial charge in [0.15, 0.2) is 6.29 Å². The number of fused-ring (bicyclic) bond motifs is 1. The Morgan fingerprint density at radius 1 is 1.47 bits per heavy atom. The molecular weight excluding hydrogens is 214 g/mol. The second-order valence-corrected chi connectivity index (χ2v) is 4.64. The van der Waals surface area contributed by atoms with Gasteiger partial charge < -0.3 is 9.72 Å². The summed E-state index contributed by atoms with van der Waals surface area (Å²) in [5, 5.41) is 3.36. The lowest BCUT2D eigenvalue weighted by Gasteiger charge is -2.03. The Labute approximate surface area is 99.7 Å². The summed E-state index contributed by atoms with van der Waals surface area (Å²) in [7, 11) is 0. The zero-order chi connectivity index (χ0) is 11.7. The van der Waals surface area contributed by atoms with Gasteiger partial charge in [0.1, 0.15) is 5.65 Å². The molecule has 0 saturated carbocycles. The predicted molar refractivity (Wildman–Crippen MR) is 65.3 cm³/mol. The highest BCUT2D eigenvalue weighted by molar-refractivity contribution is 5.74. The van der Waals surface area contributed by atoms with Crippen LogP contribution < -0.4 is 5.32 Å². The maximum absolute atomic E-state index is 10.7. The number of nitrogens with one attached hydrogen (secondary N) is 1. The van der Waals surface area contributed by atoms with Gasteiger partial charge in [-0.3, -0.25) is 4.79 Å². The van der Waals surface area contributed by atoms with E-state index in [1.54, 1.807) is 6.07 Å². The Morgan fingerprint density at radius 3 is 3.18 bits per heavy atom. The van der Waals surface area contributed by atoms with E-state index >= 15 is 0 Å². The van der Waals surface area contributed by atoms with E-state index in [1.165, 1.54) is 6.42 Å². The maximum Gasteiger partial charge on any atom is 0.151 e. The number of hydrogen-bond acceptors (Lipinski definition) is 3. The largest absolute Gasteiger partial charge is 0.316 e. The van der Waals surface area contributed by atoms with Gasteiger partial charge in [-0.1, -0.05) is 0 Å². The van der Waals surface area contributed by atoms with Gasteiger partial charge >= 0.3 is 0 Å². The van der Waals surface area contributed by atoms with Crippen LogP contribution in [0.4, 0.5) is 0 Å². The lowest BCUT2D eigenvalue weighted by atomic mass is 10.0. The predicted octanol–water partition coefficient (Wildman–Crippen LogP) is 1.30. The molecule has 88 valence electrons. The highest BCUT2D eigenvalue weighted by Gasteiger charge is 2.16. The Morgan fingerprint density at radius 2 is 2.41 bits per heavy atom. The third kappa shape index (κ3) is 2.08. The Bertz CT molecular complexity index is 541. The fraction of sp³-hybridized carbons (Fsp3) is 0.385. The van der Waals surface area contributed by atoms with Crippen LogP contribution in [0.3, 0.4) is 0 Å². The van der Waals surface area contributed by atoms with E-state index < -0.39 is 0 Å². The van der Waals surface area contributed by atoms with Crippen molar-refractivity contribution in [2.75, 3.05) is 13.1 Å². The van der Waals surface area contributed by atoms with E-state index in [0.717, 1.165) is 37.1 Å². The first-order valence-electron chi connectivity index (χ1n) is 5.99. The molecule has 0 spiro atoms. The highest BCUT2D eigenvalue weighted by atomic mass is 16.1. The molecule has 0 amide bonds. The van der Waals surface area contributed by atoms with Crippen molar-refractivity contribution in [3.05, 3.63) is 35.8 Å². The fourth-order valence-electron chi connectivity index (χ4n) is 2.41. The summed E-state index contributed by atoms with van der Waals surface area (Å²) in [6.07, 6.45) is 6.96. The lowest BCUT2D eigenvalue weighted by molar-refractivity contribution is 0.112. The number of imidazole rings is 1. The minimum atomic E-state index is 0.684. The number of carbonyl (C=O) groups is 1. The van der Waals surface area contributed by atoms with Gasteiger partial charge in [0.25, 0.3) is 0 Å². The molecule has 1 aliphatic heterocycles. The third-order valence-corrected chi connectivity index (χ3v) is 3.32. The molecule has 0 aromatic carbocycles. The summed E-state index contributed by atoms with van der Waals surface area (Å²) >= 11 is 0. The first kappa shape index (κ1) is 10.5. The molecule has 1 aliphatic rings. The van der Waals surface area contributed by atoms with Crippen LogP contribution in [0.15, 0.2) is 24.5 Å².